The van der Waals surface area contributed by atoms with Crippen LogP contribution in [0.2, 0.25) is 0 Å². The molecular formula is C7H12N5O2. The van der Waals surface area contributed by atoms with E-state index < -0.39 is 18.0 Å². The van der Waals surface area contributed by atoms with Gasteiger partial charge in [0.1, 0.15) is 6.04 Å². The number of carbonyl (C=O) groups excluding carboxylic acids is 2. The number of guanidine groups is 1. The van der Waals surface area contributed by atoms with E-state index in [0.717, 1.165) is 0 Å². The summed E-state index contributed by atoms with van der Waals surface area (Å²) in [6.07, 6.45) is 1.15. The third-order valence-electron chi connectivity index (χ3n) is 1.79. The molecule has 1 heterocycles. The highest BCUT2D eigenvalue weighted by Crippen LogP contribution is 2.02. The standard InChI is InChI=1S/C7H12N5O2/c8-6(9)10-3-1-2-4-5(13)12-7(14)11-4/h4H,1-3H2,(H,11,14)(H4,8,9,10)/t4-/m1/s1. The van der Waals surface area contributed by atoms with Crippen LogP contribution >= 0.6 is 0 Å². The van der Waals surface area contributed by atoms with Crippen molar-refractivity contribution in [1.82, 2.24) is 16.0 Å². The molecule has 0 aromatic heterocycles. The number of nitrogens with zero attached hydrogens (tertiary/aromatic N) is 1. The molecular weight excluding hydrogens is 186 g/mol. The second kappa shape index (κ2) is 4.45. The third kappa shape index (κ3) is 2.92. The summed E-state index contributed by atoms with van der Waals surface area (Å²) in [6.45, 7) is 0.509. The summed E-state index contributed by atoms with van der Waals surface area (Å²) >= 11 is 0. The molecule has 3 amide bonds. The number of nitrogens with two attached hydrogens (primary N) is 1. The molecule has 14 heavy (non-hydrogen) atoms. The number of urea groups is 1. The van der Waals surface area contributed by atoms with Gasteiger partial charge in [-0.15, -0.1) is 0 Å². The average molecular weight is 198 g/mol. The molecule has 5 N–H and O–H groups in total. The number of rotatable bonds is 4. The quantitative estimate of drug-likeness (QED) is 0.189. The summed E-state index contributed by atoms with van der Waals surface area (Å²) in [6, 6.07) is -1.07. The first kappa shape index (κ1) is 10.3. The summed E-state index contributed by atoms with van der Waals surface area (Å²) in [4.78, 5) is 21.6. The lowest BCUT2D eigenvalue weighted by atomic mass is 10.1. The Balaban J connectivity index is 2.16. The van der Waals surface area contributed by atoms with E-state index in [2.05, 4.69) is 16.0 Å². The Morgan fingerprint density at radius 1 is 1.64 bits per heavy atom. The molecule has 0 bridgehead atoms. The fourth-order valence-corrected chi connectivity index (χ4v) is 1.15. The van der Waals surface area contributed by atoms with E-state index in [4.69, 9.17) is 11.1 Å². The Hall–Kier alpha value is -1.79. The minimum Gasteiger partial charge on any atom is -0.370 e. The summed E-state index contributed by atoms with van der Waals surface area (Å²) < 4.78 is 0. The van der Waals surface area contributed by atoms with E-state index in [1.54, 1.807) is 0 Å². The maximum atomic E-state index is 11.0. The van der Waals surface area contributed by atoms with Crippen LogP contribution in [0.5, 0.6) is 0 Å². The van der Waals surface area contributed by atoms with Gasteiger partial charge in [0, 0.05) is 6.54 Å². The van der Waals surface area contributed by atoms with E-state index in [9.17, 15) is 9.59 Å². The molecule has 1 aliphatic heterocycles. The van der Waals surface area contributed by atoms with Crippen molar-refractivity contribution >= 4 is 17.9 Å². The molecule has 1 rings (SSSR count). The van der Waals surface area contributed by atoms with E-state index in [1.165, 1.54) is 0 Å². The van der Waals surface area contributed by atoms with Gasteiger partial charge in [0.25, 0.3) is 5.91 Å². The van der Waals surface area contributed by atoms with Crippen LogP contribution in [0.3, 0.4) is 0 Å². The van der Waals surface area contributed by atoms with Crippen molar-refractivity contribution in [2.75, 3.05) is 6.54 Å². The van der Waals surface area contributed by atoms with Crippen LogP contribution in [0.25, 0.3) is 0 Å². The predicted octanol–water partition coefficient (Wildman–Crippen LogP) is -1.53. The Morgan fingerprint density at radius 3 is 2.86 bits per heavy atom. The first-order valence-corrected chi connectivity index (χ1v) is 4.23. The van der Waals surface area contributed by atoms with Gasteiger partial charge in [0.15, 0.2) is 5.96 Å². The van der Waals surface area contributed by atoms with Gasteiger partial charge in [-0.25, -0.2) is 4.79 Å². The van der Waals surface area contributed by atoms with Gasteiger partial charge in [-0.3, -0.25) is 10.2 Å². The topological polar surface area (TPSA) is 122 Å². The highest BCUT2D eigenvalue weighted by Gasteiger charge is 2.30. The van der Waals surface area contributed by atoms with Crippen LogP contribution in [0.1, 0.15) is 12.8 Å². The largest absolute Gasteiger partial charge is 0.370 e. The molecule has 1 fully saturated rings. The van der Waals surface area contributed by atoms with Crippen LogP contribution < -0.4 is 21.7 Å². The van der Waals surface area contributed by atoms with Crippen LogP contribution in [0.15, 0.2) is 0 Å². The van der Waals surface area contributed by atoms with E-state index in [0.29, 0.717) is 19.4 Å². The lowest BCUT2D eigenvalue weighted by Crippen LogP contribution is -2.33. The fourth-order valence-electron chi connectivity index (χ4n) is 1.15. The first-order chi connectivity index (χ1) is 6.59. The fraction of sp³-hybridized carbons (Fsp3) is 0.571. The molecule has 0 saturated carbocycles. The first-order valence-electron chi connectivity index (χ1n) is 4.23. The van der Waals surface area contributed by atoms with Gasteiger partial charge in [-0.1, -0.05) is 0 Å². The van der Waals surface area contributed by atoms with Crippen molar-refractivity contribution in [3.63, 3.8) is 0 Å². The third-order valence-corrected chi connectivity index (χ3v) is 1.79. The number of nitrogens with one attached hydrogen (secondary N) is 3. The van der Waals surface area contributed by atoms with Gasteiger partial charge in [0.2, 0.25) is 0 Å². The minimum atomic E-state index is -0.570. The molecule has 77 valence electrons. The second-order valence-electron chi connectivity index (χ2n) is 2.93. The van der Waals surface area contributed by atoms with Crippen LogP contribution in [-0.4, -0.2) is 30.5 Å². The van der Waals surface area contributed by atoms with Crippen molar-refractivity contribution in [2.24, 2.45) is 5.73 Å². The summed E-state index contributed by atoms with van der Waals surface area (Å²) in [7, 11) is 0. The number of hydrogen-bond donors (Lipinski definition) is 4. The summed E-state index contributed by atoms with van der Waals surface area (Å²) in [5.41, 5.74) is 5.05. The molecule has 7 nitrogen and oxygen atoms in total. The van der Waals surface area contributed by atoms with Crippen LogP contribution in [0.4, 0.5) is 4.79 Å². The normalized spacial score (nSPS) is 20.1. The van der Waals surface area contributed by atoms with Crippen molar-refractivity contribution < 1.29 is 9.59 Å². The molecule has 0 unspecified atom stereocenters. The zero-order valence-corrected chi connectivity index (χ0v) is 7.54. The lowest BCUT2D eigenvalue weighted by Gasteiger charge is -2.06. The second-order valence-corrected chi connectivity index (χ2v) is 2.93. The van der Waals surface area contributed by atoms with Gasteiger partial charge >= 0.3 is 6.03 Å². The number of amides is 3. The number of imide groups is 1. The molecule has 1 radical (unpaired) electrons. The maximum absolute atomic E-state index is 11.0. The maximum Gasteiger partial charge on any atom is 0.344 e. The molecule has 0 spiro atoms. The Kier molecular flexibility index (Phi) is 3.27. The van der Waals surface area contributed by atoms with Crippen molar-refractivity contribution in [3.8, 4) is 0 Å². The van der Waals surface area contributed by atoms with Crippen molar-refractivity contribution in [1.29, 1.82) is 5.41 Å². The van der Waals surface area contributed by atoms with E-state index in [1.807, 2.05) is 0 Å². The molecule has 1 atom stereocenters. The highest BCUT2D eigenvalue weighted by molar-refractivity contribution is 6.03. The average Bonchev–Trinajstić information content (AvgIpc) is 2.39. The van der Waals surface area contributed by atoms with Gasteiger partial charge in [-0.05, 0) is 12.8 Å². The van der Waals surface area contributed by atoms with Crippen LogP contribution in [-0.2, 0) is 4.79 Å². The molecule has 0 aliphatic carbocycles. The number of carbonyl (C=O) groups is 2. The molecule has 1 aliphatic rings. The Morgan fingerprint density at radius 2 is 2.36 bits per heavy atom. The molecule has 1 saturated heterocycles. The molecule has 0 aromatic rings. The van der Waals surface area contributed by atoms with Gasteiger partial charge in [0.05, 0.1) is 0 Å². The van der Waals surface area contributed by atoms with Crippen LogP contribution in [0, 0.1) is 5.41 Å². The highest BCUT2D eigenvalue weighted by atomic mass is 16.2. The van der Waals surface area contributed by atoms with Gasteiger partial charge < -0.3 is 16.4 Å². The monoisotopic (exact) mass is 198 g/mol. The zero-order chi connectivity index (χ0) is 10.6. The SMILES string of the molecule is N=C(N)NCCC[C@H]1NC(=O)[N]C1=O. The van der Waals surface area contributed by atoms with Crippen molar-refractivity contribution in [2.45, 2.75) is 18.9 Å². The minimum absolute atomic E-state index is 0.100. The Labute approximate surface area is 80.9 Å². The number of hydrogen-bond acceptors (Lipinski definition) is 3. The van der Waals surface area contributed by atoms with Gasteiger partial charge in [-0.2, -0.15) is 5.32 Å². The predicted molar refractivity (Wildman–Crippen MR) is 48.6 cm³/mol. The zero-order valence-electron chi connectivity index (χ0n) is 7.54. The molecule has 0 aromatic carbocycles. The summed E-state index contributed by atoms with van der Waals surface area (Å²) in [5, 5.41) is 15.1. The smallest absolute Gasteiger partial charge is 0.344 e. The lowest BCUT2D eigenvalue weighted by molar-refractivity contribution is -0.120. The Bertz CT molecular complexity index is 265. The van der Waals surface area contributed by atoms with E-state index >= 15 is 0 Å². The van der Waals surface area contributed by atoms with Crippen molar-refractivity contribution in [3.05, 3.63) is 0 Å². The summed E-state index contributed by atoms with van der Waals surface area (Å²) in [5.74, 6) is -0.519. The molecule has 7 heteroatoms. The van der Waals surface area contributed by atoms with E-state index in [-0.39, 0.29) is 5.96 Å².